The van der Waals surface area contributed by atoms with Gasteiger partial charge >= 0.3 is 0 Å². The maximum atomic E-state index is 13.9. The number of fused-ring (bicyclic) bond motifs is 1. The van der Waals surface area contributed by atoms with Gasteiger partial charge in [0.1, 0.15) is 17.3 Å². The molecule has 27 heavy (non-hydrogen) atoms. The van der Waals surface area contributed by atoms with Crippen LogP contribution in [-0.2, 0) is 6.54 Å². The number of piperazine rings is 1. The zero-order valence-electron chi connectivity index (χ0n) is 14.6. The van der Waals surface area contributed by atoms with Crippen LogP contribution >= 0.6 is 11.6 Å². The van der Waals surface area contributed by atoms with Crippen molar-refractivity contribution in [1.29, 1.82) is 0 Å². The highest BCUT2D eigenvalue weighted by Gasteiger charge is 2.14. The molecule has 3 N–H and O–H groups in total. The van der Waals surface area contributed by atoms with Crippen molar-refractivity contribution in [2.45, 2.75) is 6.54 Å². The first-order valence-electron chi connectivity index (χ1n) is 8.77. The summed E-state index contributed by atoms with van der Waals surface area (Å²) >= 11 is 5.86. The molecule has 4 rings (SSSR count). The quantitative estimate of drug-likeness (QED) is 0.643. The second-order valence-electron chi connectivity index (χ2n) is 6.47. The van der Waals surface area contributed by atoms with Crippen molar-refractivity contribution in [1.82, 2.24) is 20.6 Å². The van der Waals surface area contributed by atoms with Crippen LogP contribution in [0.15, 0.2) is 36.5 Å². The summed E-state index contributed by atoms with van der Waals surface area (Å²) in [5.41, 5.74) is 1.75. The molecule has 1 saturated heterocycles. The summed E-state index contributed by atoms with van der Waals surface area (Å²) in [6.45, 7) is 4.05. The lowest BCUT2D eigenvalue weighted by molar-refractivity contribution is 0.0946. The SMILES string of the molecule is O=C(NCc1ccnc(N2CCNCC2)c1)c1cc2c(F)cc(Cl)cc2[nH]1. The number of pyridine rings is 1. The van der Waals surface area contributed by atoms with Crippen LogP contribution in [0, 0.1) is 5.82 Å². The predicted octanol–water partition coefficient (Wildman–Crippen LogP) is 2.70. The number of nitrogens with one attached hydrogen (secondary N) is 3. The average molecular weight is 388 g/mol. The van der Waals surface area contributed by atoms with E-state index in [2.05, 4.69) is 25.5 Å². The van der Waals surface area contributed by atoms with Gasteiger partial charge in [0.2, 0.25) is 0 Å². The lowest BCUT2D eigenvalue weighted by Gasteiger charge is -2.28. The van der Waals surface area contributed by atoms with Gasteiger partial charge in [-0.3, -0.25) is 4.79 Å². The van der Waals surface area contributed by atoms with Crippen LogP contribution in [0.2, 0.25) is 5.02 Å². The molecule has 0 aliphatic carbocycles. The lowest BCUT2D eigenvalue weighted by Crippen LogP contribution is -2.43. The fraction of sp³-hybridized carbons (Fsp3) is 0.263. The zero-order valence-corrected chi connectivity index (χ0v) is 15.3. The van der Waals surface area contributed by atoms with E-state index in [1.54, 1.807) is 12.3 Å². The van der Waals surface area contributed by atoms with Crippen molar-refractivity contribution in [3.63, 3.8) is 0 Å². The summed E-state index contributed by atoms with van der Waals surface area (Å²) in [6, 6.07) is 8.18. The maximum absolute atomic E-state index is 13.9. The van der Waals surface area contributed by atoms with E-state index < -0.39 is 5.82 Å². The third kappa shape index (κ3) is 3.89. The number of aromatic nitrogens is 2. The number of hydrogen-bond acceptors (Lipinski definition) is 4. The molecule has 0 spiro atoms. The Morgan fingerprint density at radius 2 is 2.07 bits per heavy atom. The number of aromatic amines is 1. The number of carbonyl (C=O) groups is 1. The van der Waals surface area contributed by atoms with E-state index in [0.29, 0.717) is 23.1 Å². The molecule has 0 saturated carbocycles. The molecular formula is C19H19ClFN5O. The highest BCUT2D eigenvalue weighted by atomic mass is 35.5. The van der Waals surface area contributed by atoms with Crippen molar-refractivity contribution in [3.8, 4) is 0 Å². The average Bonchev–Trinajstić information content (AvgIpc) is 3.11. The summed E-state index contributed by atoms with van der Waals surface area (Å²) in [7, 11) is 0. The highest BCUT2D eigenvalue weighted by Crippen LogP contribution is 2.23. The van der Waals surface area contributed by atoms with E-state index in [4.69, 9.17) is 11.6 Å². The molecule has 1 fully saturated rings. The van der Waals surface area contributed by atoms with Crippen molar-refractivity contribution in [3.05, 3.63) is 58.6 Å². The molecule has 0 bridgehead atoms. The number of halogens is 2. The predicted molar refractivity (Wildman–Crippen MR) is 104 cm³/mol. The van der Waals surface area contributed by atoms with Gasteiger partial charge in [-0.1, -0.05) is 11.6 Å². The minimum atomic E-state index is -0.456. The summed E-state index contributed by atoms with van der Waals surface area (Å²) in [6.07, 6.45) is 1.75. The molecule has 3 aromatic rings. The Bertz CT molecular complexity index is 983. The smallest absolute Gasteiger partial charge is 0.267 e. The summed E-state index contributed by atoms with van der Waals surface area (Å²) in [5.74, 6) is 0.149. The van der Waals surface area contributed by atoms with Gasteiger partial charge in [0.25, 0.3) is 5.91 Å². The van der Waals surface area contributed by atoms with Crippen LogP contribution in [0.4, 0.5) is 10.2 Å². The Hall–Kier alpha value is -2.64. The molecule has 1 aliphatic rings. The minimum absolute atomic E-state index is 0.283. The molecule has 1 aromatic carbocycles. The van der Waals surface area contributed by atoms with Crippen LogP contribution in [0.5, 0.6) is 0 Å². The molecule has 2 aromatic heterocycles. The second-order valence-corrected chi connectivity index (χ2v) is 6.91. The Morgan fingerprint density at radius 1 is 1.26 bits per heavy atom. The molecule has 1 amide bonds. The minimum Gasteiger partial charge on any atom is -0.354 e. The number of rotatable bonds is 4. The topological polar surface area (TPSA) is 73.1 Å². The molecule has 3 heterocycles. The molecule has 0 unspecified atom stereocenters. The fourth-order valence-corrected chi connectivity index (χ4v) is 3.40. The molecule has 1 aliphatic heterocycles. The van der Waals surface area contributed by atoms with Crippen LogP contribution in [0.3, 0.4) is 0 Å². The van der Waals surface area contributed by atoms with E-state index in [0.717, 1.165) is 37.6 Å². The van der Waals surface area contributed by atoms with E-state index in [-0.39, 0.29) is 10.9 Å². The Labute approximate surface area is 160 Å². The molecule has 8 heteroatoms. The first kappa shape index (κ1) is 17.8. The standard InChI is InChI=1S/C19H19ClFN5O/c20-13-8-15(21)14-10-17(25-16(14)9-13)19(27)24-11-12-1-2-23-18(7-12)26-5-3-22-4-6-26/h1-2,7-10,22,25H,3-6,11H2,(H,24,27). The monoisotopic (exact) mass is 387 g/mol. The number of hydrogen-bond donors (Lipinski definition) is 3. The Balaban J connectivity index is 1.45. The van der Waals surface area contributed by atoms with E-state index >= 15 is 0 Å². The van der Waals surface area contributed by atoms with E-state index in [1.165, 1.54) is 12.1 Å². The number of carbonyl (C=O) groups excluding carboxylic acids is 1. The van der Waals surface area contributed by atoms with Gasteiger partial charge in [0.15, 0.2) is 0 Å². The second kappa shape index (κ2) is 7.54. The van der Waals surface area contributed by atoms with Crippen molar-refractivity contribution >= 4 is 34.2 Å². The number of H-pyrrole nitrogens is 1. The van der Waals surface area contributed by atoms with Gasteiger partial charge in [0.05, 0.1) is 5.52 Å². The van der Waals surface area contributed by atoms with Crippen LogP contribution < -0.4 is 15.5 Å². The Kier molecular flexibility index (Phi) is 4.96. The van der Waals surface area contributed by atoms with Crippen molar-refractivity contribution in [2.24, 2.45) is 0 Å². The van der Waals surface area contributed by atoms with Gasteiger partial charge in [-0.25, -0.2) is 9.37 Å². The molecular weight excluding hydrogens is 369 g/mol. The molecule has 0 radical (unpaired) electrons. The summed E-state index contributed by atoms with van der Waals surface area (Å²) in [4.78, 5) is 22.0. The normalized spacial score (nSPS) is 14.5. The maximum Gasteiger partial charge on any atom is 0.267 e. The summed E-state index contributed by atoms with van der Waals surface area (Å²) in [5, 5.41) is 6.79. The first-order valence-corrected chi connectivity index (χ1v) is 9.14. The molecule has 6 nitrogen and oxygen atoms in total. The number of anilines is 1. The van der Waals surface area contributed by atoms with Gasteiger partial charge in [-0.15, -0.1) is 0 Å². The van der Waals surface area contributed by atoms with Crippen molar-refractivity contribution in [2.75, 3.05) is 31.1 Å². The lowest BCUT2D eigenvalue weighted by atomic mass is 10.2. The third-order valence-electron chi connectivity index (χ3n) is 4.60. The molecule has 0 atom stereocenters. The number of amides is 1. The summed E-state index contributed by atoms with van der Waals surface area (Å²) < 4.78 is 13.9. The largest absolute Gasteiger partial charge is 0.354 e. The molecule has 140 valence electrons. The third-order valence-corrected chi connectivity index (χ3v) is 4.82. The fourth-order valence-electron chi connectivity index (χ4n) is 3.20. The van der Waals surface area contributed by atoms with Crippen LogP contribution in [0.1, 0.15) is 16.1 Å². The van der Waals surface area contributed by atoms with Gasteiger partial charge in [-0.2, -0.15) is 0 Å². The number of nitrogens with zero attached hydrogens (tertiary/aromatic N) is 2. The van der Waals surface area contributed by atoms with Gasteiger partial charge in [0, 0.05) is 49.3 Å². The van der Waals surface area contributed by atoms with Gasteiger partial charge < -0.3 is 20.5 Å². The number of benzene rings is 1. The van der Waals surface area contributed by atoms with Crippen LogP contribution in [-0.4, -0.2) is 42.1 Å². The first-order chi connectivity index (χ1) is 13.1. The van der Waals surface area contributed by atoms with Gasteiger partial charge in [-0.05, 0) is 35.9 Å². The Morgan fingerprint density at radius 3 is 2.89 bits per heavy atom. The highest BCUT2D eigenvalue weighted by molar-refractivity contribution is 6.31. The van der Waals surface area contributed by atoms with Crippen molar-refractivity contribution < 1.29 is 9.18 Å². The van der Waals surface area contributed by atoms with Crippen LogP contribution in [0.25, 0.3) is 10.9 Å². The zero-order chi connectivity index (χ0) is 18.8. The van der Waals surface area contributed by atoms with E-state index in [1.807, 2.05) is 12.1 Å². The van der Waals surface area contributed by atoms with E-state index in [9.17, 15) is 9.18 Å².